The smallest absolute Gasteiger partial charge is 0.251 e. The molecule has 1 aliphatic rings. The average Bonchev–Trinajstić information content (AvgIpc) is 2.57. The lowest BCUT2D eigenvalue weighted by molar-refractivity contribution is 0.0911. The van der Waals surface area contributed by atoms with E-state index in [1.807, 2.05) is 0 Å². The fourth-order valence-corrected chi connectivity index (χ4v) is 4.77. The van der Waals surface area contributed by atoms with E-state index in [1.54, 1.807) is 12.1 Å². The van der Waals surface area contributed by atoms with Gasteiger partial charge in [0.05, 0.1) is 4.90 Å². The number of amides is 1. The van der Waals surface area contributed by atoms with Gasteiger partial charge in [-0.15, -0.1) is 0 Å². The summed E-state index contributed by atoms with van der Waals surface area (Å²) >= 11 is 3.26. The second-order valence-electron chi connectivity index (χ2n) is 6.52. The van der Waals surface area contributed by atoms with Crippen molar-refractivity contribution < 1.29 is 13.2 Å². The fraction of sp³-hybridized carbons (Fsp3) is 0.588. The Morgan fingerprint density at radius 2 is 1.96 bits per heavy atom. The molecule has 1 saturated heterocycles. The minimum absolute atomic E-state index is 0.0999. The van der Waals surface area contributed by atoms with Crippen LogP contribution in [0.25, 0.3) is 0 Å². The molecule has 6 nitrogen and oxygen atoms in total. The van der Waals surface area contributed by atoms with Crippen LogP contribution in [0, 0.1) is 0 Å². The quantitative estimate of drug-likeness (QED) is 0.749. The number of benzene rings is 1. The summed E-state index contributed by atoms with van der Waals surface area (Å²) in [6.07, 6.45) is 2.98. The SMILES string of the molecule is CCCN1CCC(NC(=O)c2ccc(Br)c(S(=O)(=O)N(C)C)c2)CC1. The number of carbonyl (C=O) groups is 1. The molecular formula is C17H26BrN3O3S. The largest absolute Gasteiger partial charge is 0.349 e. The van der Waals surface area contributed by atoms with Crippen molar-refractivity contribution in [3.8, 4) is 0 Å². The Morgan fingerprint density at radius 3 is 2.52 bits per heavy atom. The molecule has 8 heteroatoms. The summed E-state index contributed by atoms with van der Waals surface area (Å²) in [5.41, 5.74) is 0.361. The summed E-state index contributed by atoms with van der Waals surface area (Å²) in [6, 6.07) is 4.81. The van der Waals surface area contributed by atoms with E-state index < -0.39 is 10.0 Å². The first kappa shape index (κ1) is 20.4. The van der Waals surface area contributed by atoms with Gasteiger partial charge in [-0.3, -0.25) is 4.79 Å². The molecule has 1 heterocycles. The molecule has 1 aromatic rings. The third kappa shape index (κ3) is 5.03. The second-order valence-corrected chi connectivity index (χ2v) is 9.50. The molecule has 0 bridgehead atoms. The van der Waals surface area contributed by atoms with E-state index in [4.69, 9.17) is 0 Å². The number of piperidine rings is 1. The van der Waals surface area contributed by atoms with Gasteiger partial charge in [0.1, 0.15) is 0 Å². The minimum atomic E-state index is -3.61. The molecule has 1 aromatic carbocycles. The lowest BCUT2D eigenvalue weighted by Gasteiger charge is -2.32. The molecule has 0 saturated carbocycles. The van der Waals surface area contributed by atoms with E-state index in [9.17, 15) is 13.2 Å². The zero-order chi connectivity index (χ0) is 18.6. The topological polar surface area (TPSA) is 69.7 Å². The van der Waals surface area contributed by atoms with Crippen LogP contribution in [-0.4, -0.2) is 63.3 Å². The summed E-state index contributed by atoms with van der Waals surface area (Å²) in [7, 11) is -0.669. The molecular weight excluding hydrogens is 406 g/mol. The van der Waals surface area contributed by atoms with Crippen LogP contribution < -0.4 is 5.32 Å². The molecule has 1 fully saturated rings. The van der Waals surface area contributed by atoms with Crippen molar-refractivity contribution in [3.05, 3.63) is 28.2 Å². The highest BCUT2D eigenvalue weighted by atomic mass is 79.9. The van der Waals surface area contributed by atoms with Crippen LogP contribution in [0.2, 0.25) is 0 Å². The zero-order valence-electron chi connectivity index (χ0n) is 15.0. The van der Waals surface area contributed by atoms with Crippen LogP contribution in [-0.2, 0) is 10.0 Å². The molecule has 1 amide bonds. The van der Waals surface area contributed by atoms with Gasteiger partial charge in [-0.2, -0.15) is 0 Å². The molecule has 2 rings (SSSR count). The van der Waals surface area contributed by atoms with E-state index in [1.165, 1.54) is 20.2 Å². The maximum Gasteiger partial charge on any atom is 0.251 e. The van der Waals surface area contributed by atoms with Crippen molar-refractivity contribution in [1.82, 2.24) is 14.5 Å². The highest BCUT2D eigenvalue weighted by Crippen LogP contribution is 2.25. The Bertz CT molecular complexity index is 714. The lowest BCUT2D eigenvalue weighted by Crippen LogP contribution is -2.44. The molecule has 25 heavy (non-hydrogen) atoms. The average molecular weight is 432 g/mol. The first-order chi connectivity index (χ1) is 11.8. The molecule has 0 spiro atoms. The van der Waals surface area contributed by atoms with Crippen LogP contribution >= 0.6 is 15.9 Å². The van der Waals surface area contributed by atoms with Gasteiger partial charge in [-0.05, 0) is 59.9 Å². The van der Waals surface area contributed by atoms with Gasteiger partial charge in [0.25, 0.3) is 5.91 Å². The van der Waals surface area contributed by atoms with Crippen LogP contribution in [0.3, 0.4) is 0 Å². The first-order valence-corrected chi connectivity index (χ1v) is 10.7. The van der Waals surface area contributed by atoms with Crippen LogP contribution in [0.4, 0.5) is 0 Å². The Kier molecular flexibility index (Phi) is 7.01. The normalized spacial score (nSPS) is 17.0. The predicted octanol–water partition coefficient (Wildman–Crippen LogP) is 2.30. The monoisotopic (exact) mass is 431 g/mol. The van der Waals surface area contributed by atoms with Crippen LogP contribution in [0.5, 0.6) is 0 Å². The zero-order valence-corrected chi connectivity index (χ0v) is 17.4. The molecule has 0 unspecified atom stereocenters. The molecule has 140 valence electrons. The van der Waals surface area contributed by atoms with Gasteiger partial charge in [-0.1, -0.05) is 6.92 Å². The third-order valence-corrected chi connectivity index (χ3v) is 7.22. The van der Waals surface area contributed by atoms with Crippen molar-refractivity contribution in [1.29, 1.82) is 0 Å². The standard InChI is InChI=1S/C17H26BrN3O3S/c1-4-9-21-10-7-14(8-11-21)19-17(22)13-5-6-15(18)16(12-13)25(23,24)20(2)3/h5-6,12,14H,4,7-11H2,1-3H3,(H,19,22). The second kappa shape index (κ2) is 8.62. The highest BCUT2D eigenvalue weighted by molar-refractivity contribution is 9.10. The number of nitrogens with zero attached hydrogens (tertiary/aromatic N) is 2. The van der Waals surface area contributed by atoms with Crippen molar-refractivity contribution in [2.45, 2.75) is 37.1 Å². The minimum Gasteiger partial charge on any atom is -0.349 e. The third-order valence-electron chi connectivity index (χ3n) is 4.41. The van der Waals surface area contributed by atoms with Crippen molar-refractivity contribution in [2.75, 3.05) is 33.7 Å². The van der Waals surface area contributed by atoms with Gasteiger partial charge in [-0.25, -0.2) is 12.7 Å². The van der Waals surface area contributed by atoms with E-state index in [2.05, 4.69) is 33.1 Å². The predicted molar refractivity (Wildman–Crippen MR) is 102 cm³/mol. The number of likely N-dealkylation sites (tertiary alicyclic amines) is 1. The van der Waals surface area contributed by atoms with Gasteiger partial charge in [0.2, 0.25) is 10.0 Å². The van der Waals surface area contributed by atoms with Gasteiger partial charge < -0.3 is 10.2 Å². The Hall–Kier alpha value is -0.960. The molecule has 0 atom stereocenters. The van der Waals surface area contributed by atoms with Gasteiger partial charge in [0.15, 0.2) is 0 Å². The number of nitrogens with one attached hydrogen (secondary N) is 1. The number of hydrogen-bond acceptors (Lipinski definition) is 4. The van der Waals surface area contributed by atoms with E-state index in [0.717, 1.165) is 43.2 Å². The van der Waals surface area contributed by atoms with Crippen molar-refractivity contribution in [3.63, 3.8) is 0 Å². The number of carbonyl (C=O) groups excluding carboxylic acids is 1. The highest BCUT2D eigenvalue weighted by Gasteiger charge is 2.24. The van der Waals surface area contributed by atoms with Crippen LogP contribution in [0.1, 0.15) is 36.5 Å². The number of rotatable bonds is 6. The molecule has 0 aliphatic carbocycles. The molecule has 1 aliphatic heterocycles. The number of halogens is 1. The Labute approximate surface area is 158 Å². The van der Waals surface area contributed by atoms with Gasteiger partial charge >= 0.3 is 0 Å². The lowest BCUT2D eigenvalue weighted by atomic mass is 10.0. The first-order valence-electron chi connectivity index (χ1n) is 8.51. The molecule has 0 radical (unpaired) electrons. The van der Waals surface area contributed by atoms with Crippen molar-refractivity contribution in [2.24, 2.45) is 0 Å². The molecule has 0 aromatic heterocycles. The van der Waals surface area contributed by atoms with Crippen LogP contribution in [0.15, 0.2) is 27.6 Å². The number of hydrogen-bond donors (Lipinski definition) is 1. The summed E-state index contributed by atoms with van der Waals surface area (Å²) in [5.74, 6) is -0.225. The van der Waals surface area contributed by atoms with E-state index in [0.29, 0.717) is 10.0 Å². The van der Waals surface area contributed by atoms with E-state index >= 15 is 0 Å². The molecule has 1 N–H and O–H groups in total. The summed E-state index contributed by atoms with van der Waals surface area (Å²) < 4.78 is 26.3. The Morgan fingerprint density at radius 1 is 1.32 bits per heavy atom. The van der Waals surface area contributed by atoms with E-state index in [-0.39, 0.29) is 16.8 Å². The number of sulfonamides is 1. The summed E-state index contributed by atoms with van der Waals surface area (Å²) in [5, 5.41) is 3.04. The Balaban J connectivity index is 2.08. The van der Waals surface area contributed by atoms with Gasteiger partial charge in [0, 0.05) is 43.3 Å². The summed E-state index contributed by atoms with van der Waals surface area (Å²) in [6.45, 7) is 5.23. The maximum atomic E-state index is 12.5. The summed E-state index contributed by atoms with van der Waals surface area (Å²) in [4.78, 5) is 15.0. The fourth-order valence-electron chi connectivity index (χ4n) is 2.92. The van der Waals surface area contributed by atoms with Crippen molar-refractivity contribution >= 4 is 31.9 Å². The maximum absolute atomic E-state index is 12.5.